The van der Waals surface area contributed by atoms with E-state index in [9.17, 15) is 18.0 Å². The SMILES string of the molecule is Cc1cc(C)cc(N(CC(=O)N(Cc2cccc(Br)c2)[C@@H](Cc2ccccc2)C(=O)NCC(C)C)S(=O)(=O)c2ccccc2)c1. The molecule has 1 atom stereocenters. The molecule has 0 aromatic heterocycles. The smallest absolute Gasteiger partial charge is 0.264 e. The highest BCUT2D eigenvalue weighted by Gasteiger charge is 2.34. The zero-order valence-corrected chi connectivity index (χ0v) is 28.5. The van der Waals surface area contributed by atoms with Crippen LogP contribution in [0.2, 0.25) is 0 Å². The van der Waals surface area contributed by atoms with Gasteiger partial charge >= 0.3 is 0 Å². The quantitative estimate of drug-likeness (QED) is 0.170. The molecule has 0 spiro atoms. The van der Waals surface area contributed by atoms with Gasteiger partial charge in [-0.05, 0) is 78.4 Å². The molecule has 0 aliphatic carbocycles. The fourth-order valence-corrected chi connectivity index (χ4v) is 7.02. The minimum absolute atomic E-state index is 0.0750. The van der Waals surface area contributed by atoms with Gasteiger partial charge in [0.1, 0.15) is 12.6 Å². The minimum Gasteiger partial charge on any atom is -0.354 e. The lowest BCUT2D eigenvalue weighted by molar-refractivity contribution is -0.140. The Hall–Kier alpha value is -3.95. The third kappa shape index (κ3) is 9.28. The lowest BCUT2D eigenvalue weighted by Gasteiger charge is -2.34. The van der Waals surface area contributed by atoms with Crippen LogP contribution >= 0.6 is 15.9 Å². The summed E-state index contributed by atoms with van der Waals surface area (Å²) in [6.45, 7) is 7.86. The van der Waals surface area contributed by atoms with Crippen LogP contribution in [-0.2, 0) is 32.6 Å². The predicted octanol–water partition coefficient (Wildman–Crippen LogP) is 6.67. The third-order valence-corrected chi connectivity index (χ3v) is 9.58. The maximum absolute atomic E-state index is 14.6. The highest BCUT2D eigenvalue weighted by molar-refractivity contribution is 9.10. The number of carbonyl (C=O) groups excluding carboxylic acids is 2. The van der Waals surface area contributed by atoms with Crippen LogP contribution in [0, 0.1) is 19.8 Å². The molecular weight excluding hydrogens is 650 g/mol. The molecule has 0 bridgehead atoms. The summed E-state index contributed by atoms with van der Waals surface area (Å²) < 4.78 is 30.3. The van der Waals surface area contributed by atoms with E-state index in [4.69, 9.17) is 0 Å². The second kappa shape index (κ2) is 15.4. The number of hydrogen-bond acceptors (Lipinski definition) is 4. The Kier molecular flexibility index (Phi) is 11.6. The lowest BCUT2D eigenvalue weighted by atomic mass is 10.0. The maximum Gasteiger partial charge on any atom is 0.264 e. The first kappa shape index (κ1) is 33.9. The molecule has 4 rings (SSSR count). The summed E-state index contributed by atoms with van der Waals surface area (Å²) >= 11 is 3.52. The van der Waals surface area contributed by atoms with Crippen molar-refractivity contribution < 1.29 is 18.0 Å². The number of hydrogen-bond donors (Lipinski definition) is 1. The molecule has 0 saturated carbocycles. The number of carbonyl (C=O) groups is 2. The molecule has 7 nitrogen and oxygen atoms in total. The van der Waals surface area contributed by atoms with Crippen molar-refractivity contribution in [2.45, 2.75) is 51.6 Å². The van der Waals surface area contributed by atoms with E-state index in [1.54, 1.807) is 30.3 Å². The lowest BCUT2D eigenvalue weighted by Crippen LogP contribution is -2.53. The van der Waals surface area contributed by atoms with Crippen LogP contribution in [0.25, 0.3) is 0 Å². The molecule has 0 radical (unpaired) electrons. The van der Waals surface area contributed by atoms with Crippen molar-refractivity contribution in [2.24, 2.45) is 5.92 Å². The highest BCUT2D eigenvalue weighted by atomic mass is 79.9. The zero-order valence-electron chi connectivity index (χ0n) is 26.1. The van der Waals surface area contributed by atoms with Crippen LogP contribution in [0.4, 0.5) is 5.69 Å². The Morgan fingerprint density at radius 1 is 0.800 bits per heavy atom. The number of sulfonamides is 1. The summed E-state index contributed by atoms with van der Waals surface area (Å²) in [4.78, 5) is 30.0. The van der Waals surface area contributed by atoms with E-state index in [0.717, 1.165) is 31.0 Å². The Labute approximate surface area is 275 Å². The first-order valence-electron chi connectivity index (χ1n) is 15.0. The summed E-state index contributed by atoms with van der Waals surface area (Å²) in [5.41, 5.74) is 3.81. The number of amides is 2. The van der Waals surface area contributed by atoms with Crippen LogP contribution in [0.15, 0.2) is 112 Å². The summed E-state index contributed by atoms with van der Waals surface area (Å²) in [5, 5.41) is 3.02. The molecule has 1 N–H and O–H groups in total. The summed E-state index contributed by atoms with van der Waals surface area (Å²) in [5.74, 6) is -0.578. The number of benzene rings is 4. The van der Waals surface area contributed by atoms with Gasteiger partial charge in [0.25, 0.3) is 10.0 Å². The van der Waals surface area contributed by atoms with Crippen LogP contribution < -0.4 is 9.62 Å². The first-order valence-corrected chi connectivity index (χ1v) is 17.2. The Morgan fingerprint density at radius 2 is 1.40 bits per heavy atom. The first-order chi connectivity index (χ1) is 21.4. The normalized spacial score (nSPS) is 12.0. The van der Waals surface area contributed by atoms with Gasteiger partial charge in [-0.1, -0.05) is 96.5 Å². The van der Waals surface area contributed by atoms with Crippen molar-refractivity contribution in [2.75, 3.05) is 17.4 Å². The van der Waals surface area contributed by atoms with Crippen molar-refractivity contribution in [1.82, 2.24) is 10.2 Å². The summed E-state index contributed by atoms with van der Waals surface area (Å²) in [6, 6.07) is 29.8. The largest absolute Gasteiger partial charge is 0.354 e. The third-order valence-electron chi connectivity index (χ3n) is 7.30. The number of nitrogens with one attached hydrogen (secondary N) is 1. The van der Waals surface area contributed by atoms with Crippen LogP contribution in [0.5, 0.6) is 0 Å². The van der Waals surface area contributed by atoms with Crippen molar-refractivity contribution >= 4 is 43.5 Å². The molecule has 0 aliphatic rings. The highest BCUT2D eigenvalue weighted by Crippen LogP contribution is 2.27. The van der Waals surface area contributed by atoms with Gasteiger partial charge in [0.15, 0.2) is 0 Å². The standard InChI is InChI=1S/C36H40BrN3O4S/c1-26(2)23-38-36(42)34(22-29-12-7-5-8-13-29)39(24-30-14-11-15-31(37)21-30)35(41)25-40(32-19-27(3)18-28(4)20-32)45(43,44)33-16-9-6-10-17-33/h5-21,26,34H,22-25H2,1-4H3,(H,38,42)/t34-/m0/s1. The summed E-state index contributed by atoms with van der Waals surface area (Å²) in [6.07, 6.45) is 0.263. The van der Waals surface area contributed by atoms with Crippen molar-refractivity contribution in [3.63, 3.8) is 0 Å². The minimum atomic E-state index is -4.14. The number of aryl methyl sites for hydroxylation is 2. The van der Waals surface area contributed by atoms with E-state index in [-0.39, 0.29) is 29.7 Å². The van der Waals surface area contributed by atoms with Crippen molar-refractivity contribution in [3.8, 4) is 0 Å². The van der Waals surface area contributed by atoms with E-state index in [2.05, 4.69) is 21.2 Å². The van der Waals surface area contributed by atoms with Gasteiger partial charge in [0, 0.05) is 24.0 Å². The molecule has 236 valence electrons. The molecule has 9 heteroatoms. The van der Waals surface area contributed by atoms with Crippen LogP contribution in [0.3, 0.4) is 0 Å². The topological polar surface area (TPSA) is 86.8 Å². The predicted molar refractivity (Wildman–Crippen MR) is 183 cm³/mol. The van der Waals surface area contributed by atoms with E-state index in [1.165, 1.54) is 17.0 Å². The van der Waals surface area contributed by atoms with Crippen LogP contribution in [0.1, 0.15) is 36.1 Å². The van der Waals surface area contributed by atoms with Gasteiger partial charge < -0.3 is 10.2 Å². The van der Waals surface area contributed by atoms with Crippen molar-refractivity contribution in [3.05, 3.63) is 130 Å². The number of anilines is 1. The van der Waals surface area contributed by atoms with Crippen molar-refractivity contribution in [1.29, 1.82) is 0 Å². The van der Waals surface area contributed by atoms with E-state index in [0.29, 0.717) is 12.2 Å². The average molecular weight is 691 g/mol. The van der Waals surface area contributed by atoms with E-state index < -0.39 is 28.5 Å². The fraction of sp³-hybridized carbons (Fsp3) is 0.278. The zero-order chi connectivity index (χ0) is 32.6. The monoisotopic (exact) mass is 689 g/mol. The average Bonchev–Trinajstić information content (AvgIpc) is 3.00. The molecule has 45 heavy (non-hydrogen) atoms. The maximum atomic E-state index is 14.6. The van der Waals surface area contributed by atoms with Gasteiger partial charge in [0.05, 0.1) is 10.6 Å². The van der Waals surface area contributed by atoms with Gasteiger partial charge in [-0.25, -0.2) is 8.42 Å². The van der Waals surface area contributed by atoms with Gasteiger partial charge in [0.2, 0.25) is 11.8 Å². The molecule has 0 heterocycles. The molecule has 0 saturated heterocycles. The molecule has 4 aromatic rings. The van der Waals surface area contributed by atoms with Crippen LogP contribution in [-0.4, -0.2) is 44.3 Å². The number of nitrogens with zero attached hydrogens (tertiary/aromatic N) is 2. The second-order valence-corrected chi connectivity index (χ2v) is 14.4. The fourth-order valence-electron chi connectivity index (χ4n) is 5.15. The van der Waals surface area contributed by atoms with Gasteiger partial charge in [-0.2, -0.15) is 0 Å². The molecule has 2 amide bonds. The van der Waals surface area contributed by atoms with Gasteiger partial charge in [-0.15, -0.1) is 0 Å². The number of rotatable bonds is 13. The molecule has 4 aromatic carbocycles. The Bertz CT molecular complexity index is 1690. The van der Waals surface area contributed by atoms with Gasteiger partial charge in [-0.3, -0.25) is 13.9 Å². The van der Waals surface area contributed by atoms with E-state index >= 15 is 0 Å². The second-order valence-electron chi connectivity index (χ2n) is 11.7. The molecule has 0 unspecified atom stereocenters. The summed E-state index contributed by atoms with van der Waals surface area (Å²) in [7, 11) is -4.14. The molecule has 0 fully saturated rings. The number of halogens is 1. The molecular formula is C36H40BrN3O4S. The Balaban J connectivity index is 1.82. The Morgan fingerprint density at radius 3 is 2.00 bits per heavy atom. The van der Waals surface area contributed by atoms with E-state index in [1.807, 2.05) is 88.4 Å². The molecule has 0 aliphatic heterocycles.